The third-order valence-electron chi connectivity index (χ3n) is 11.8. The second kappa shape index (κ2) is 18.1. The fourth-order valence-electron chi connectivity index (χ4n) is 8.45. The van der Waals surface area contributed by atoms with Crippen LogP contribution in [-0.4, -0.2) is 98.8 Å². The Balaban J connectivity index is 1.02. The average molecular weight is 884 g/mol. The molecule has 0 radical (unpaired) electrons. The first-order chi connectivity index (χ1) is 29.7. The molecular formula is C45H50ClN7O8S. The minimum Gasteiger partial charge on any atom is -0.455 e. The molecule has 15 nitrogen and oxygen atoms in total. The van der Waals surface area contributed by atoms with Gasteiger partial charge in [0.2, 0.25) is 0 Å². The molecule has 2 fully saturated rings. The molecule has 4 heterocycles. The number of carbonyl (C=O) groups is 1. The lowest BCUT2D eigenvalue weighted by atomic mass is 9.72. The molecule has 1 amide bonds. The number of rotatable bonds is 13. The fourth-order valence-corrected chi connectivity index (χ4v) is 9.56. The third-order valence-corrected chi connectivity index (χ3v) is 13.4. The number of fused-ring (bicyclic) bond motifs is 1. The maximum Gasteiger partial charge on any atom is 0.293 e. The maximum atomic E-state index is 13.9. The normalized spacial score (nSPS) is 19.6. The predicted octanol–water partition coefficient (Wildman–Crippen LogP) is 8.04. The molecule has 5 aromatic rings. The molecule has 0 saturated carbocycles. The van der Waals surface area contributed by atoms with E-state index in [4.69, 9.17) is 25.8 Å². The number of ether oxygens (including phenoxy) is 3. The number of carbonyl (C=O) groups excluding carboxylic acids is 1. The zero-order valence-corrected chi connectivity index (χ0v) is 36.4. The minimum absolute atomic E-state index is 0.0535. The number of benzene rings is 3. The number of pyridine rings is 1. The average Bonchev–Trinajstić information content (AvgIpc) is 3.72. The van der Waals surface area contributed by atoms with E-state index in [1.807, 2.05) is 18.2 Å². The number of halogens is 1. The molecule has 3 aromatic carbocycles. The number of anilines is 2. The summed E-state index contributed by atoms with van der Waals surface area (Å²) in [5, 5.41) is 16.5. The SMILES string of the molecule is C[C@H]1CN(c2ccc(C(=O)NS(=O)(=O)c3ccc(NC[C@H]4COCCO4)c([N+](=O)[O-])c3)c(Oc3cnc4[nH]ccc4c3)c2)CCN1CC1=C(c2ccc(Cl)cc2)CCC(C)(C)C1. The van der Waals surface area contributed by atoms with Crippen LogP contribution in [0.1, 0.15) is 56.0 Å². The Labute approximate surface area is 365 Å². The second-order valence-corrected chi connectivity index (χ2v) is 19.0. The van der Waals surface area contributed by atoms with E-state index in [-0.39, 0.29) is 41.1 Å². The van der Waals surface area contributed by atoms with Crippen LogP contribution in [0.3, 0.4) is 0 Å². The van der Waals surface area contributed by atoms with Crippen LogP contribution in [0.5, 0.6) is 11.5 Å². The van der Waals surface area contributed by atoms with Crippen LogP contribution in [0, 0.1) is 15.5 Å². The summed E-state index contributed by atoms with van der Waals surface area (Å²) in [6.07, 6.45) is 6.11. The van der Waals surface area contributed by atoms with Gasteiger partial charge in [-0.3, -0.25) is 19.8 Å². The van der Waals surface area contributed by atoms with E-state index in [0.29, 0.717) is 44.3 Å². The van der Waals surface area contributed by atoms with Gasteiger partial charge < -0.3 is 29.4 Å². The molecule has 3 N–H and O–H groups in total. The number of amides is 1. The van der Waals surface area contributed by atoms with Gasteiger partial charge in [-0.1, -0.05) is 43.2 Å². The third kappa shape index (κ3) is 9.90. The molecule has 326 valence electrons. The van der Waals surface area contributed by atoms with Gasteiger partial charge in [-0.15, -0.1) is 0 Å². The van der Waals surface area contributed by atoms with Crippen molar-refractivity contribution in [2.75, 3.05) is 62.8 Å². The number of allylic oxidation sites excluding steroid dienone is 1. The quantitative estimate of drug-likeness (QED) is 0.0766. The minimum atomic E-state index is -4.59. The number of nitrogens with zero attached hydrogens (tertiary/aromatic N) is 4. The van der Waals surface area contributed by atoms with Crippen LogP contribution in [0.2, 0.25) is 5.02 Å². The molecule has 0 unspecified atom stereocenters. The largest absolute Gasteiger partial charge is 0.455 e. The lowest BCUT2D eigenvalue weighted by Crippen LogP contribution is -2.52. The van der Waals surface area contributed by atoms with Crippen LogP contribution in [0.15, 0.2) is 95.7 Å². The number of aromatic amines is 1. The summed E-state index contributed by atoms with van der Waals surface area (Å²) in [5.41, 5.74) is 5.32. The van der Waals surface area contributed by atoms with Gasteiger partial charge in [-0.2, -0.15) is 0 Å². The highest BCUT2D eigenvalue weighted by molar-refractivity contribution is 7.90. The van der Waals surface area contributed by atoms with E-state index in [1.165, 1.54) is 41.1 Å². The van der Waals surface area contributed by atoms with Gasteiger partial charge in [0, 0.05) is 73.2 Å². The Kier molecular flexibility index (Phi) is 12.6. The highest BCUT2D eigenvalue weighted by Crippen LogP contribution is 2.43. The van der Waals surface area contributed by atoms with Gasteiger partial charge in [0.05, 0.1) is 47.5 Å². The lowest BCUT2D eigenvalue weighted by molar-refractivity contribution is -0.384. The topological polar surface area (TPSA) is 181 Å². The molecule has 2 aliphatic heterocycles. The highest BCUT2D eigenvalue weighted by atomic mass is 35.5. The van der Waals surface area contributed by atoms with E-state index in [9.17, 15) is 23.3 Å². The van der Waals surface area contributed by atoms with Crippen molar-refractivity contribution in [1.29, 1.82) is 0 Å². The molecule has 17 heteroatoms. The molecule has 3 aliphatic rings. The Hall–Kier alpha value is -5.52. The zero-order chi connectivity index (χ0) is 43.6. The Morgan fingerprint density at radius 2 is 1.90 bits per heavy atom. The van der Waals surface area contributed by atoms with E-state index in [1.54, 1.807) is 24.4 Å². The van der Waals surface area contributed by atoms with E-state index in [0.717, 1.165) is 54.5 Å². The summed E-state index contributed by atoms with van der Waals surface area (Å²) in [7, 11) is -4.59. The number of nitro groups is 1. The van der Waals surface area contributed by atoms with E-state index in [2.05, 4.69) is 62.7 Å². The summed E-state index contributed by atoms with van der Waals surface area (Å²) in [6, 6.07) is 20.4. The van der Waals surface area contributed by atoms with Crippen LogP contribution < -0.4 is 19.7 Å². The molecule has 2 saturated heterocycles. The summed E-state index contributed by atoms with van der Waals surface area (Å²) in [4.78, 5) is 37.1. The summed E-state index contributed by atoms with van der Waals surface area (Å²) >= 11 is 6.24. The first-order valence-electron chi connectivity index (χ1n) is 20.7. The number of piperazine rings is 1. The number of H-pyrrole nitrogens is 1. The first kappa shape index (κ1) is 43.1. The van der Waals surface area contributed by atoms with Gasteiger partial charge >= 0.3 is 0 Å². The lowest BCUT2D eigenvalue weighted by Gasteiger charge is -2.43. The van der Waals surface area contributed by atoms with Crippen LogP contribution in [0.25, 0.3) is 16.6 Å². The fraction of sp³-hybridized carbons (Fsp3) is 0.378. The molecule has 0 spiro atoms. The molecule has 0 bridgehead atoms. The van der Waals surface area contributed by atoms with Crippen molar-refractivity contribution in [2.24, 2.45) is 5.41 Å². The van der Waals surface area contributed by atoms with Crippen LogP contribution in [-0.2, 0) is 19.5 Å². The highest BCUT2D eigenvalue weighted by Gasteiger charge is 2.32. The number of hydrogen-bond donors (Lipinski definition) is 3. The predicted molar refractivity (Wildman–Crippen MR) is 239 cm³/mol. The van der Waals surface area contributed by atoms with E-state index >= 15 is 0 Å². The number of nitrogens with one attached hydrogen (secondary N) is 3. The van der Waals surface area contributed by atoms with Gasteiger partial charge in [-0.05, 0) is 91.3 Å². The van der Waals surface area contributed by atoms with Crippen LogP contribution >= 0.6 is 11.6 Å². The van der Waals surface area contributed by atoms with Crippen molar-refractivity contribution < 1.29 is 32.3 Å². The molecular weight excluding hydrogens is 834 g/mol. The van der Waals surface area contributed by atoms with Gasteiger partial charge in [0.15, 0.2) is 0 Å². The number of hydrogen-bond acceptors (Lipinski definition) is 12. The summed E-state index contributed by atoms with van der Waals surface area (Å²) in [5.74, 6) is -0.517. The number of aromatic nitrogens is 2. The van der Waals surface area contributed by atoms with Gasteiger partial charge in [0.25, 0.3) is 21.6 Å². The summed E-state index contributed by atoms with van der Waals surface area (Å²) < 4.78 is 46.8. The molecule has 1 aliphatic carbocycles. The molecule has 8 rings (SSSR count). The van der Waals surface area contributed by atoms with Crippen LogP contribution in [0.4, 0.5) is 17.1 Å². The Morgan fingerprint density at radius 3 is 2.66 bits per heavy atom. The zero-order valence-electron chi connectivity index (χ0n) is 34.9. The smallest absolute Gasteiger partial charge is 0.293 e. The van der Waals surface area contributed by atoms with Crippen molar-refractivity contribution in [3.8, 4) is 11.5 Å². The Bertz CT molecular complexity index is 2610. The standard InChI is InChI=1S/C45H50ClN7O8S/c1-29-26-52(17-16-51(29)27-32-23-45(2,3)14-12-38(32)30-4-6-33(46)7-5-30)34-8-10-39(42(21-34)61-35-20-31-13-15-47-43(31)49-24-35)44(54)50-62(57,58)37-9-11-40(41(22-37)53(55)56)48-25-36-28-59-18-19-60-36/h4-11,13,15,20-22,24,29,36,48H,12,14,16-19,23,25-28H2,1-3H3,(H,47,49)(H,50,54)/t29-,36-/m0/s1. The van der Waals surface area contributed by atoms with Crippen molar-refractivity contribution >= 4 is 61.2 Å². The molecule has 2 atom stereocenters. The van der Waals surface area contributed by atoms with Crippen molar-refractivity contribution in [1.82, 2.24) is 19.6 Å². The summed E-state index contributed by atoms with van der Waals surface area (Å²) in [6.45, 7) is 11.4. The van der Waals surface area contributed by atoms with Crippen molar-refractivity contribution in [3.05, 3.63) is 117 Å². The van der Waals surface area contributed by atoms with E-state index < -0.39 is 31.4 Å². The number of sulfonamides is 1. The first-order valence-corrected chi connectivity index (χ1v) is 22.6. The van der Waals surface area contributed by atoms with Crippen molar-refractivity contribution in [2.45, 2.75) is 57.1 Å². The van der Waals surface area contributed by atoms with Crippen molar-refractivity contribution in [3.63, 3.8) is 0 Å². The number of nitro benzene ring substituents is 1. The van der Waals surface area contributed by atoms with Gasteiger partial charge in [0.1, 0.15) is 22.8 Å². The monoisotopic (exact) mass is 883 g/mol. The second-order valence-electron chi connectivity index (χ2n) is 16.9. The Morgan fingerprint density at radius 1 is 1.08 bits per heavy atom. The van der Waals surface area contributed by atoms with Gasteiger partial charge in [-0.25, -0.2) is 18.1 Å². The molecule has 62 heavy (non-hydrogen) atoms. The molecule has 2 aromatic heterocycles. The maximum absolute atomic E-state index is 13.9.